The molecule has 1 fully saturated rings. The van der Waals surface area contributed by atoms with Gasteiger partial charge in [0.1, 0.15) is 0 Å². The molecule has 0 radical (unpaired) electrons. The van der Waals surface area contributed by atoms with Crippen molar-refractivity contribution in [2.45, 2.75) is 44.2 Å². The Kier molecular flexibility index (Phi) is 3.41. The summed E-state index contributed by atoms with van der Waals surface area (Å²) < 4.78 is 0. The summed E-state index contributed by atoms with van der Waals surface area (Å²) in [5.74, 6) is -0.151. The average Bonchev–Trinajstić information content (AvgIpc) is 2.89. The number of hydrogen-bond donors (Lipinski definition) is 1. The molecule has 0 spiro atoms. The monoisotopic (exact) mass is 278 g/mol. The van der Waals surface area contributed by atoms with Crippen molar-refractivity contribution >= 4 is 23.2 Å². The van der Waals surface area contributed by atoms with Gasteiger partial charge >= 0.3 is 0 Å². The van der Waals surface area contributed by atoms with Gasteiger partial charge in [-0.15, -0.1) is 11.3 Å². The highest BCUT2D eigenvalue weighted by atomic mass is 32.1. The summed E-state index contributed by atoms with van der Waals surface area (Å²) in [6.07, 6.45) is 4.48. The van der Waals surface area contributed by atoms with Gasteiger partial charge in [0.05, 0.1) is 6.04 Å². The van der Waals surface area contributed by atoms with Gasteiger partial charge < -0.3 is 0 Å². The lowest BCUT2D eigenvalue weighted by molar-refractivity contribution is -0.148. The number of rotatable bonds is 2. The molecule has 2 atom stereocenters. The van der Waals surface area contributed by atoms with Gasteiger partial charge in [-0.2, -0.15) is 0 Å². The summed E-state index contributed by atoms with van der Waals surface area (Å²) in [5, 5.41) is 5.59. The lowest BCUT2D eigenvalue weighted by atomic mass is 9.92. The Bertz CT molecular complexity index is 511. The molecule has 5 heteroatoms. The zero-order valence-electron chi connectivity index (χ0n) is 11.0. The standard InChI is InChI=1S/C14H18N2O2S/c1-16-13(17)6-5-11(14(16)18)15-10-3-2-4-12-9(10)7-8-19-12/h7-8,10-11,15H,2-6H2,1H3. The molecule has 1 saturated heterocycles. The number of aryl methyl sites for hydroxylation is 1. The zero-order valence-corrected chi connectivity index (χ0v) is 11.8. The second-order valence-corrected chi connectivity index (χ2v) is 6.29. The first-order valence-electron chi connectivity index (χ1n) is 6.79. The minimum Gasteiger partial charge on any atom is -0.299 e. The quantitative estimate of drug-likeness (QED) is 0.840. The molecule has 3 rings (SSSR count). The van der Waals surface area contributed by atoms with Gasteiger partial charge in [0, 0.05) is 24.4 Å². The number of likely N-dealkylation sites (N-methyl/N-ethyl adjacent to an activating group) is 1. The van der Waals surface area contributed by atoms with Crippen LogP contribution in [0, 0.1) is 0 Å². The molecule has 1 aromatic rings. The van der Waals surface area contributed by atoms with Gasteiger partial charge in [-0.3, -0.25) is 19.8 Å². The molecular formula is C14H18N2O2S. The van der Waals surface area contributed by atoms with E-state index in [9.17, 15) is 9.59 Å². The molecule has 2 aliphatic rings. The third-order valence-corrected chi connectivity index (χ3v) is 5.10. The SMILES string of the molecule is CN1C(=O)CCC(NC2CCCc3sccc32)C1=O. The van der Waals surface area contributed by atoms with Crippen LogP contribution >= 0.6 is 11.3 Å². The van der Waals surface area contributed by atoms with Crippen molar-refractivity contribution in [2.24, 2.45) is 0 Å². The molecule has 19 heavy (non-hydrogen) atoms. The van der Waals surface area contributed by atoms with Crippen molar-refractivity contribution in [3.8, 4) is 0 Å². The number of nitrogens with one attached hydrogen (secondary N) is 1. The van der Waals surface area contributed by atoms with Gasteiger partial charge in [0.25, 0.3) is 0 Å². The molecule has 1 N–H and O–H groups in total. The first-order chi connectivity index (χ1) is 9.16. The largest absolute Gasteiger partial charge is 0.299 e. The fraction of sp³-hybridized carbons (Fsp3) is 0.571. The number of carbonyl (C=O) groups excluding carboxylic acids is 2. The minimum atomic E-state index is -0.210. The normalized spacial score (nSPS) is 27.5. The predicted octanol–water partition coefficient (Wildman–Crippen LogP) is 1.86. The van der Waals surface area contributed by atoms with Crippen LogP contribution in [0.2, 0.25) is 0 Å². The third-order valence-electron chi connectivity index (χ3n) is 4.10. The maximum Gasteiger partial charge on any atom is 0.246 e. The molecule has 102 valence electrons. The fourth-order valence-electron chi connectivity index (χ4n) is 2.97. The van der Waals surface area contributed by atoms with Crippen LogP contribution < -0.4 is 5.32 Å². The van der Waals surface area contributed by atoms with Crippen molar-refractivity contribution in [3.05, 3.63) is 21.9 Å². The van der Waals surface area contributed by atoms with Crippen LogP contribution in [0.5, 0.6) is 0 Å². The van der Waals surface area contributed by atoms with Crippen molar-refractivity contribution in [3.63, 3.8) is 0 Å². The maximum absolute atomic E-state index is 12.1. The van der Waals surface area contributed by atoms with Gasteiger partial charge in [0.2, 0.25) is 11.8 Å². The molecular weight excluding hydrogens is 260 g/mol. The highest BCUT2D eigenvalue weighted by Crippen LogP contribution is 2.34. The number of hydrogen-bond acceptors (Lipinski definition) is 4. The Morgan fingerprint density at radius 2 is 2.11 bits per heavy atom. The summed E-state index contributed by atoms with van der Waals surface area (Å²) in [6.45, 7) is 0. The molecule has 0 saturated carbocycles. The van der Waals surface area contributed by atoms with E-state index in [1.54, 1.807) is 18.4 Å². The van der Waals surface area contributed by atoms with Crippen LogP contribution in [0.1, 0.15) is 42.2 Å². The number of piperidine rings is 1. The van der Waals surface area contributed by atoms with E-state index in [0.29, 0.717) is 12.8 Å². The van der Waals surface area contributed by atoms with Crippen molar-refractivity contribution in [2.75, 3.05) is 7.05 Å². The summed E-state index contributed by atoms with van der Waals surface area (Å²) in [4.78, 5) is 26.3. The number of amides is 2. The predicted molar refractivity (Wildman–Crippen MR) is 73.9 cm³/mol. The van der Waals surface area contributed by atoms with Crippen LogP contribution in [-0.2, 0) is 16.0 Å². The number of likely N-dealkylation sites (tertiary alicyclic amines) is 1. The van der Waals surface area contributed by atoms with E-state index in [2.05, 4.69) is 16.8 Å². The number of nitrogens with zero attached hydrogens (tertiary/aromatic N) is 1. The molecule has 1 aliphatic carbocycles. The zero-order chi connectivity index (χ0) is 13.4. The fourth-order valence-corrected chi connectivity index (χ4v) is 3.96. The molecule has 2 unspecified atom stereocenters. The Morgan fingerprint density at radius 3 is 2.95 bits per heavy atom. The number of imide groups is 1. The van der Waals surface area contributed by atoms with E-state index in [0.717, 1.165) is 12.8 Å². The van der Waals surface area contributed by atoms with E-state index < -0.39 is 0 Å². The van der Waals surface area contributed by atoms with Gasteiger partial charge in [-0.1, -0.05) is 0 Å². The molecule has 1 aliphatic heterocycles. The molecule has 0 aromatic carbocycles. The Hall–Kier alpha value is -1.20. The van der Waals surface area contributed by atoms with E-state index in [4.69, 9.17) is 0 Å². The van der Waals surface area contributed by atoms with Gasteiger partial charge in [-0.05, 0) is 42.7 Å². The third kappa shape index (κ3) is 2.32. The molecule has 2 heterocycles. The second-order valence-electron chi connectivity index (χ2n) is 5.29. The maximum atomic E-state index is 12.1. The highest BCUT2D eigenvalue weighted by Gasteiger charge is 2.34. The van der Waals surface area contributed by atoms with Crippen molar-refractivity contribution in [1.82, 2.24) is 10.2 Å². The first kappa shape index (κ1) is 12.8. The van der Waals surface area contributed by atoms with Crippen LogP contribution in [-0.4, -0.2) is 29.8 Å². The highest BCUT2D eigenvalue weighted by molar-refractivity contribution is 7.10. The summed E-state index contributed by atoms with van der Waals surface area (Å²) >= 11 is 1.80. The topological polar surface area (TPSA) is 49.4 Å². The molecule has 0 bridgehead atoms. The summed E-state index contributed by atoms with van der Waals surface area (Å²) in [7, 11) is 1.58. The van der Waals surface area contributed by atoms with Gasteiger partial charge in [0.15, 0.2) is 0 Å². The number of fused-ring (bicyclic) bond motifs is 1. The van der Waals surface area contributed by atoms with Crippen LogP contribution in [0.3, 0.4) is 0 Å². The van der Waals surface area contributed by atoms with E-state index >= 15 is 0 Å². The van der Waals surface area contributed by atoms with E-state index in [1.165, 1.54) is 21.8 Å². The van der Waals surface area contributed by atoms with E-state index in [-0.39, 0.29) is 23.9 Å². The number of carbonyl (C=O) groups is 2. The molecule has 2 amide bonds. The first-order valence-corrected chi connectivity index (χ1v) is 7.67. The molecule has 1 aromatic heterocycles. The molecule has 4 nitrogen and oxygen atoms in total. The minimum absolute atomic E-state index is 0.0667. The Balaban J connectivity index is 1.73. The lowest BCUT2D eigenvalue weighted by Crippen LogP contribution is -2.52. The smallest absolute Gasteiger partial charge is 0.246 e. The van der Waals surface area contributed by atoms with Crippen molar-refractivity contribution < 1.29 is 9.59 Å². The van der Waals surface area contributed by atoms with E-state index in [1.807, 2.05) is 0 Å². The van der Waals surface area contributed by atoms with Crippen LogP contribution in [0.15, 0.2) is 11.4 Å². The second kappa shape index (κ2) is 5.06. The van der Waals surface area contributed by atoms with Crippen LogP contribution in [0.25, 0.3) is 0 Å². The number of thiophene rings is 1. The van der Waals surface area contributed by atoms with Crippen LogP contribution in [0.4, 0.5) is 0 Å². The lowest BCUT2D eigenvalue weighted by Gasteiger charge is -2.33. The van der Waals surface area contributed by atoms with Crippen molar-refractivity contribution in [1.29, 1.82) is 0 Å². The van der Waals surface area contributed by atoms with Gasteiger partial charge in [-0.25, -0.2) is 0 Å². The Morgan fingerprint density at radius 1 is 1.26 bits per heavy atom. The Labute approximate surface area is 116 Å². The average molecular weight is 278 g/mol. The summed E-state index contributed by atoms with van der Waals surface area (Å²) in [6, 6.07) is 2.23. The summed E-state index contributed by atoms with van der Waals surface area (Å²) in [5.41, 5.74) is 1.35.